The third-order valence-corrected chi connectivity index (χ3v) is 14.1. The van der Waals surface area contributed by atoms with Crippen LogP contribution in [0, 0.1) is 0 Å². The number of esters is 1. The number of nitrogens with one attached hydrogen (secondary N) is 1. The Kier molecular flexibility index (Phi) is 57.0. The number of ether oxygens (including phenoxy) is 1. The predicted octanol–water partition coefficient (Wildman–Crippen LogP) is 19.2. The number of allylic oxidation sites excluding steroid dienone is 5. The molecule has 2 unspecified atom stereocenters. The zero-order valence-corrected chi connectivity index (χ0v) is 46.3. The molecule has 406 valence electrons. The maximum absolute atomic E-state index is 12.5. The third-order valence-electron chi connectivity index (χ3n) is 14.1. The smallest absolute Gasteiger partial charge is 0.305 e. The van der Waals surface area contributed by atoms with Crippen LogP contribution in [0.25, 0.3) is 0 Å². The highest BCUT2D eigenvalue weighted by atomic mass is 16.5. The molecule has 2 atom stereocenters. The van der Waals surface area contributed by atoms with Crippen LogP contribution in [0.15, 0.2) is 36.5 Å². The fraction of sp³-hybridized carbons (Fsp3) is 0.873. The molecule has 0 aliphatic carbocycles. The first-order valence-corrected chi connectivity index (χ1v) is 30.8. The van der Waals surface area contributed by atoms with Crippen LogP contribution < -0.4 is 5.32 Å². The molecule has 0 saturated carbocycles. The maximum Gasteiger partial charge on any atom is 0.305 e. The molecule has 0 aliphatic heterocycles. The highest BCUT2D eigenvalue weighted by Crippen LogP contribution is 2.17. The number of aliphatic hydroxyl groups excluding tert-OH is 2. The highest BCUT2D eigenvalue weighted by Gasteiger charge is 2.18. The normalized spacial score (nSPS) is 12.8. The second-order valence-electron chi connectivity index (χ2n) is 21.0. The van der Waals surface area contributed by atoms with Gasteiger partial charge in [0.15, 0.2) is 0 Å². The van der Waals surface area contributed by atoms with Crippen LogP contribution in [0.3, 0.4) is 0 Å². The van der Waals surface area contributed by atoms with E-state index in [1.807, 2.05) is 6.08 Å². The molecule has 0 aliphatic rings. The van der Waals surface area contributed by atoms with Crippen molar-refractivity contribution in [1.82, 2.24) is 5.32 Å². The summed E-state index contributed by atoms with van der Waals surface area (Å²) in [5.74, 6) is -0.0740. The fourth-order valence-electron chi connectivity index (χ4n) is 9.39. The molecule has 0 aromatic rings. The molecule has 6 nitrogen and oxygen atoms in total. The van der Waals surface area contributed by atoms with Crippen LogP contribution in [-0.2, 0) is 14.3 Å². The van der Waals surface area contributed by atoms with Crippen LogP contribution in [0.1, 0.15) is 328 Å². The Hall–Kier alpha value is -1.92. The summed E-state index contributed by atoms with van der Waals surface area (Å²) in [7, 11) is 0. The van der Waals surface area contributed by atoms with E-state index in [1.165, 1.54) is 250 Å². The fourth-order valence-corrected chi connectivity index (χ4v) is 9.39. The Labute approximate surface area is 430 Å². The summed E-state index contributed by atoms with van der Waals surface area (Å²) in [6, 6.07) is -0.634. The van der Waals surface area contributed by atoms with E-state index in [0.717, 1.165) is 51.4 Å². The molecule has 0 saturated heterocycles. The summed E-state index contributed by atoms with van der Waals surface area (Å²) in [5, 5.41) is 23.2. The van der Waals surface area contributed by atoms with Crippen molar-refractivity contribution < 1.29 is 24.5 Å². The van der Waals surface area contributed by atoms with Gasteiger partial charge >= 0.3 is 5.97 Å². The second kappa shape index (κ2) is 58.6. The van der Waals surface area contributed by atoms with E-state index < -0.39 is 12.1 Å². The van der Waals surface area contributed by atoms with Crippen LogP contribution in [-0.4, -0.2) is 47.4 Å². The summed E-state index contributed by atoms with van der Waals surface area (Å²) < 4.78 is 5.46. The molecule has 1 amide bonds. The summed E-state index contributed by atoms with van der Waals surface area (Å²) >= 11 is 0. The minimum Gasteiger partial charge on any atom is -0.466 e. The molecule has 6 heteroatoms. The number of rotatable bonds is 57. The Morgan fingerprint density at radius 3 is 1.06 bits per heavy atom. The molecule has 3 N–H and O–H groups in total. The van der Waals surface area contributed by atoms with Crippen molar-refractivity contribution in [3.63, 3.8) is 0 Å². The first-order valence-electron chi connectivity index (χ1n) is 30.8. The van der Waals surface area contributed by atoms with E-state index >= 15 is 0 Å². The lowest BCUT2D eigenvalue weighted by Crippen LogP contribution is -2.45. The molecule has 69 heavy (non-hydrogen) atoms. The molecular formula is C63H119NO5. The van der Waals surface area contributed by atoms with Crippen molar-refractivity contribution in [1.29, 1.82) is 0 Å². The first kappa shape index (κ1) is 67.1. The molecule has 0 fully saturated rings. The number of unbranched alkanes of at least 4 members (excludes halogenated alkanes) is 42. The van der Waals surface area contributed by atoms with Gasteiger partial charge in [-0.2, -0.15) is 0 Å². The Balaban J connectivity index is 3.46. The van der Waals surface area contributed by atoms with Gasteiger partial charge in [0.25, 0.3) is 0 Å². The second-order valence-corrected chi connectivity index (χ2v) is 21.0. The standard InChI is InChI=1S/C63H119NO5/c1-3-5-7-9-11-13-15-17-18-19-26-29-32-35-39-43-47-51-55-61(66)60(59-65)64-62(67)56-52-48-44-40-36-33-30-27-24-22-20-21-23-25-28-31-34-38-42-46-50-54-58-69-63(68)57-53-49-45-41-37-16-14-12-10-8-6-4-2/h12,14,22,24,51,55,60-61,65-66H,3-11,13,15-21,23,25-50,52-54,56-59H2,1-2H3,(H,64,67)/b14-12-,24-22-,55-51+. The number of aliphatic hydroxyl groups is 2. The SMILES string of the molecule is CCCCC/C=C\CCCCCCCC(=O)OCCCCCCCCCCCCC/C=C\CCCCCCCCCC(=O)NC(CO)C(O)/C=C/CCCCCCCCCCCCCCCCCC. The van der Waals surface area contributed by atoms with Crippen molar-refractivity contribution in [3.8, 4) is 0 Å². The Bertz CT molecular complexity index is 1120. The quantitative estimate of drug-likeness (QED) is 0.0321. The molecule has 0 aromatic carbocycles. The molecule has 0 bridgehead atoms. The van der Waals surface area contributed by atoms with Crippen molar-refractivity contribution in [2.45, 2.75) is 341 Å². The summed E-state index contributed by atoms with van der Waals surface area (Å²) in [6.45, 7) is 4.89. The highest BCUT2D eigenvalue weighted by molar-refractivity contribution is 5.76. The van der Waals surface area contributed by atoms with E-state index in [2.05, 4.69) is 43.5 Å². The lowest BCUT2D eigenvalue weighted by Gasteiger charge is -2.20. The minimum absolute atomic E-state index is 0.000781. The van der Waals surface area contributed by atoms with Gasteiger partial charge in [-0.25, -0.2) is 0 Å². The van der Waals surface area contributed by atoms with Gasteiger partial charge in [0, 0.05) is 12.8 Å². The number of carbonyl (C=O) groups excluding carboxylic acids is 2. The van der Waals surface area contributed by atoms with Crippen LogP contribution in [0.4, 0.5) is 0 Å². The molecule has 0 aromatic heterocycles. The van der Waals surface area contributed by atoms with Crippen LogP contribution in [0.2, 0.25) is 0 Å². The van der Waals surface area contributed by atoms with E-state index in [4.69, 9.17) is 4.74 Å². The molecule has 0 rings (SSSR count). The van der Waals surface area contributed by atoms with Gasteiger partial charge in [-0.1, -0.05) is 269 Å². The van der Waals surface area contributed by atoms with Crippen molar-refractivity contribution in [3.05, 3.63) is 36.5 Å². The number of hydrogen-bond acceptors (Lipinski definition) is 5. The first-order chi connectivity index (χ1) is 34.0. The van der Waals surface area contributed by atoms with Gasteiger partial charge in [0.2, 0.25) is 5.91 Å². The Morgan fingerprint density at radius 2 is 0.681 bits per heavy atom. The zero-order chi connectivity index (χ0) is 50.0. The van der Waals surface area contributed by atoms with Gasteiger partial charge in [-0.3, -0.25) is 9.59 Å². The van der Waals surface area contributed by atoms with Crippen molar-refractivity contribution in [2.75, 3.05) is 13.2 Å². The topological polar surface area (TPSA) is 95.9 Å². The Morgan fingerprint density at radius 1 is 0.391 bits per heavy atom. The average molecular weight is 971 g/mol. The summed E-state index contributed by atoms with van der Waals surface area (Å²) in [4.78, 5) is 24.5. The molecular weight excluding hydrogens is 851 g/mol. The van der Waals surface area contributed by atoms with Gasteiger partial charge < -0.3 is 20.3 Å². The lowest BCUT2D eigenvalue weighted by atomic mass is 10.0. The van der Waals surface area contributed by atoms with Gasteiger partial charge in [-0.15, -0.1) is 0 Å². The van der Waals surface area contributed by atoms with E-state index in [1.54, 1.807) is 6.08 Å². The van der Waals surface area contributed by atoms with Crippen LogP contribution >= 0.6 is 0 Å². The lowest BCUT2D eigenvalue weighted by molar-refractivity contribution is -0.143. The molecule has 0 spiro atoms. The maximum atomic E-state index is 12.5. The summed E-state index contributed by atoms with van der Waals surface area (Å²) in [6.07, 6.45) is 73.2. The van der Waals surface area contributed by atoms with Crippen molar-refractivity contribution >= 4 is 11.9 Å². The molecule has 0 heterocycles. The number of hydrogen-bond donors (Lipinski definition) is 3. The van der Waals surface area contributed by atoms with Gasteiger partial charge in [0.1, 0.15) is 0 Å². The average Bonchev–Trinajstić information content (AvgIpc) is 3.35. The van der Waals surface area contributed by atoms with Gasteiger partial charge in [0.05, 0.1) is 25.4 Å². The van der Waals surface area contributed by atoms with Crippen LogP contribution in [0.5, 0.6) is 0 Å². The van der Waals surface area contributed by atoms with E-state index in [-0.39, 0.29) is 18.5 Å². The molecule has 0 radical (unpaired) electrons. The predicted molar refractivity (Wildman–Crippen MR) is 301 cm³/mol. The monoisotopic (exact) mass is 970 g/mol. The third kappa shape index (κ3) is 55.2. The minimum atomic E-state index is -0.849. The van der Waals surface area contributed by atoms with Gasteiger partial charge in [-0.05, 0) is 83.5 Å². The summed E-state index contributed by atoms with van der Waals surface area (Å²) in [5.41, 5.74) is 0. The van der Waals surface area contributed by atoms with E-state index in [0.29, 0.717) is 19.4 Å². The number of carbonyl (C=O) groups is 2. The zero-order valence-electron chi connectivity index (χ0n) is 46.3. The van der Waals surface area contributed by atoms with Crippen molar-refractivity contribution in [2.24, 2.45) is 0 Å². The van der Waals surface area contributed by atoms with E-state index in [9.17, 15) is 19.8 Å². The number of amides is 1. The largest absolute Gasteiger partial charge is 0.466 e.